The van der Waals surface area contributed by atoms with E-state index in [0.717, 1.165) is 23.5 Å². The van der Waals surface area contributed by atoms with Gasteiger partial charge in [0.2, 0.25) is 0 Å². The monoisotopic (exact) mass is 289 g/mol. The van der Waals surface area contributed by atoms with Gasteiger partial charge in [0.15, 0.2) is 5.96 Å². The van der Waals surface area contributed by atoms with Crippen LogP contribution in [-0.4, -0.2) is 19.0 Å². The van der Waals surface area contributed by atoms with E-state index in [0.29, 0.717) is 6.54 Å². The van der Waals surface area contributed by atoms with E-state index in [9.17, 15) is 0 Å². The zero-order chi connectivity index (χ0) is 11.1. The molecule has 0 aromatic carbocycles. The summed E-state index contributed by atoms with van der Waals surface area (Å²) in [6, 6.07) is 2.05. The molecule has 1 aromatic heterocycles. The SMILES string of the molecule is CCNC(=NCc1sccc1Br)NCC. The van der Waals surface area contributed by atoms with Crippen LogP contribution in [0.5, 0.6) is 0 Å². The van der Waals surface area contributed by atoms with Gasteiger partial charge in [0.25, 0.3) is 0 Å². The molecule has 0 atom stereocenters. The molecule has 0 unspecified atom stereocenters. The minimum absolute atomic E-state index is 0.716. The molecule has 15 heavy (non-hydrogen) atoms. The van der Waals surface area contributed by atoms with E-state index in [2.05, 4.69) is 56.8 Å². The molecular formula is C10H16BrN3S. The van der Waals surface area contributed by atoms with Gasteiger partial charge in [0, 0.05) is 22.4 Å². The fraction of sp³-hybridized carbons (Fsp3) is 0.500. The second-order valence-electron chi connectivity index (χ2n) is 2.92. The lowest BCUT2D eigenvalue weighted by molar-refractivity contribution is 0.841. The van der Waals surface area contributed by atoms with Gasteiger partial charge in [-0.25, -0.2) is 4.99 Å². The Kier molecular flexibility index (Phi) is 5.71. The van der Waals surface area contributed by atoms with Crippen LogP contribution in [0.15, 0.2) is 20.9 Å². The van der Waals surface area contributed by atoms with Crippen LogP contribution in [-0.2, 0) is 6.54 Å². The standard InChI is InChI=1S/C10H16BrN3S/c1-3-12-10(13-4-2)14-7-9-8(11)5-6-15-9/h5-6H,3-4,7H2,1-2H3,(H2,12,13,14). The van der Waals surface area contributed by atoms with Crippen molar-refractivity contribution in [1.29, 1.82) is 0 Å². The van der Waals surface area contributed by atoms with Crippen LogP contribution < -0.4 is 10.6 Å². The molecule has 0 saturated carbocycles. The van der Waals surface area contributed by atoms with Gasteiger partial charge in [-0.15, -0.1) is 11.3 Å². The van der Waals surface area contributed by atoms with Crippen molar-refractivity contribution < 1.29 is 0 Å². The van der Waals surface area contributed by atoms with Gasteiger partial charge < -0.3 is 10.6 Å². The van der Waals surface area contributed by atoms with E-state index in [4.69, 9.17) is 0 Å². The molecule has 5 heteroatoms. The van der Waals surface area contributed by atoms with E-state index in [1.165, 1.54) is 4.88 Å². The van der Waals surface area contributed by atoms with Crippen molar-refractivity contribution >= 4 is 33.2 Å². The third kappa shape index (κ3) is 4.22. The molecule has 0 aliphatic heterocycles. The molecule has 0 spiro atoms. The van der Waals surface area contributed by atoms with Crippen molar-refractivity contribution in [2.45, 2.75) is 20.4 Å². The quantitative estimate of drug-likeness (QED) is 0.660. The highest BCUT2D eigenvalue weighted by atomic mass is 79.9. The van der Waals surface area contributed by atoms with Crippen molar-refractivity contribution in [1.82, 2.24) is 10.6 Å². The maximum Gasteiger partial charge on any atom is 0.191 e. The van der Waals surface area contributed by atoms with E-state index in [1.54, 1.807) is 11.3 Å². The highest BCUT2D eigenvalue weighted by Crippen LogP contribution is 2.23. The van der Waals surface area contributed by atoms with E-state index in [1.807, 2.05) is 0 Å². The average molecular weight is 290 g/mol. The lowest BCUT2D eigenvalue weighted by Crippen LogP contribution is -2.36. The first-order valence-electron chi connectivity index (χ1n) is 5.02. The summed E-state index contributed by atoms with van der Waals surface area (Å²) < 4.78 is 1.14. The number of thiophene rings is 1. The van der Waals surface area contributed by atoms with E-state index >= 15 is 0 Å². The first kappa shape index (κ1) is 12.5. The fourth-order valence-electron chi connectivity index (χ4n) is 1.10. The second-order valence-corrected chi connectivity index (χ2v) is 4.77. The summed E-state index contributed by atoms with van der Waals surface area (Å²) in [6.07, 6.45) is 0. The van der Waals surface area contributed by atoms with Crippen molar-refractivity contribution in [3.05, 3.63) is 20.8 Å². The van der Waals surface area contributed by atoms with Crippen molar-refractivity contribution in [3.63, 3.8) is 0 Å². The van der Waals surface area contributed by atoms with Gasteiger partial charge in [0.05, 0.1) is 6.54 Å². The Morgan fingerprint density at radius 1 is 1.40 bits per heavy atom. The topological polar surface area (TPSA) is 36.4 Å². The van der Waals surface area contributed by atoms with Crippen molar-refractivity contribution in [3.8, 4) is 0 Å². The van der Waals surface area contributed by atoms with Crippen LogP contribution >= 0.6 is 27.3 Å². The highest BCUT2D eigenvalue weighted by molar-refractivity contribution is 9.10. The maximum atomic E-state index is 4.48. The minimum atomic E-state index is 0.716. The van der Waals surface area contributed by atoms with Crippen LogP contribution in [0.2, 0.25) is 0 Å². The maximum absolute atomic E-state index is 4.48. The molecule has 0 aliphatic rings. The zero-order valence-corrected chi connectivity index (χ0v) is 11.4. The summed E-state index contributed by atoms with van der Waals surface area (Å²) in [6.45, 7) is 6.62. The number of halogens is 1. The van der Waals surface area contributed by atoms with Crippen LogP contribution in [0.1, 0.15) is 18.7 Å². The Hall–Kier alpha value is -0.550. The predicted octanol–water partition coefficient (Wildman–Crippen LogP) is 2.59. The van der Waals surface area contributed by atoms with Gasteiger partial charge in [-0.05, 0) is 41.2 Å². The third-order valence-corrected chi connectivity index (χ3v) is 3.67. The molecule has 0 amide bonds. The number of hydrogen-bond acceptors (Lipinski definition) is 2. The van der Waals surface area contributed by atoms with Gasteiger partial charge >= 0.3 is 0 Å². The summed E-state index contributed by atoms with van der Waals surface area (Å²) in [5.41, 5.74) is 0. The molecule has 1 heterocycles. The van der Waals surface area contributed by atoms with Gasteiger partial charge in [0.1, 0.15) is 0 Å². The van der Waals surface area contributed by atoms with Gasteiger partial charge in [-0.3, -0.25) is 0 Å². The molecule has 1 aromatic rings. The normalized spacial score (nSPS) is 9.80. The molecule has 0 bridgehead atoms. The zero-order valence-electron chi connectivity index (χ0n) is 9.01. The van der Waals surface area contributed by atoms with Crippen LogP contribution in [0, 0.1) is 0 Å². The Morgan fingerprint density at radius 3 is 2.53 bits per heavy atom. The van der Waals surface area contributed by atoms with Crippen LogP contribution in [0.3, 0.4) is 0 Å². The molecule has 0 saturated heterocycles. The summed E-state index contributed by atoms with van der Waals surface area (Å²) in [4.78, 5) is 5.73. The molecule has 0 aliphatic carbocycles. The van der Waals surface area contributed by atoms with Gasteiger partial charge in [-0.1, -0.05) is 0 Å². The number of aliphatic imine (C=N–C) groups is 1. The minimum Gasteiger partial charge on any atom is -0.357 e. The average Bonchev–Trinajstić information content (AvgIpc) is 2.61. The predicted molar refractivity (Wildman–Crippen MR) is 70.5 cm³/mol. The number of nitrogens with one attached hydrogen (secondary N) is 2. The number of rotatable bonds is 4. The second kappa shape index (κ2) is 6.85. The van der Waals surface area contributed by atoms with Crippen molar-refractivity contribution in [2.24, 2.45) is 4.99 Å². The fourth-order valence-corrected chi connectivity index (χ4v) is 2.50. The summed E-state index contributed by atoms with van der Waals surface area (Å²) in [5, 5.41) is 8.45. The Labute approximate surface area is 103 Å². The smallest absolute Gasteiger partial charge is 0.191 e. The van der Waals surface area contributed by atoms with E-state index < -0.39 is 0 Å². The largest absolute Gasteiger partial charge is 0.357 e. The lowest BCUT2D eigenvalue weighted by atomic mass is 10.5. The molecule has 0 fully saturated rings. The first-order valence-corrected chi connectivity index (χ1v) is 6.69. The molecular weight excluding hydrogens is 274 g/mol. The summed E-state index contributed by atoms with van der Waals surface area (Å²) in [5.74, 6) is 0.875. The lowest BCUT2D eigenvalue weighted by Gasteiger charge is -2.08. The van der Waals surface area contributed by atoms with Crippen LogP contribution in [0.25, 0.3) is 0 Å². The number of nitrogens with zero attached hydrogens (tertiary/aromatic N) is 1. The van der Waals surface area contributed by atoms with E-state index in [-0.39, 0.29) is 0 Å². The molecule has 84 valence electrons. The Balaban J connectivity index is 2.56. The molecule has 0 radical (unpaired) electrons. The van der Waals surface area contributed by atoms with Crippen molar-refractivity contribution in [2.75, 3.05) is 13.1 Å². The van der Waals surface area contributed by atoms with Gasteiger partial charge in [-0.2, -0.15) is 0 Å². The number of hydrogen-bond donors (Lipinski definition) is 2. The summed E-state index contributed by atoms with van der Waals surface area (Å²) >= 11 is 5.21. The molecule has 1 rings (SSSR count). The Morgan fingerprint density at radius 2 is 2.07 bits per heavy atom. The van der Waals surface area contributed by atoms with Crippen LogP contribution in [0.4, 0.5) is 0 Å². The highest BCUT2D eigenvalue weighted by Gasteiger charge is 2.00. The number of guanidine groups is 1. The molecule has 3 nitrogen and oxygen atoms in total. The first-order chi connectivity index (χ1) is 7.27. The Bertz CT molecular complexity index is 314. The summed E-state index contributed by atoms with van der Waals surface area (Å²) in [7, 11) is 0. The third-order valence-electron chi connectivity index (χ3n) is 1.76. The molecule has 2 N–H and O–H groups in total.